The van der Waals surface area contributed by atoms with E-state index in [9.17, 15) is 14.9 Å². The minimum absolute atomic E-state index is 0.0163. The number of rotatable bonds is 6. The Labute approximate surface area is 254 Å². The number of ketones is 1. The molecule has 8 atom stereocenters. The van der Waals surface area contributed by atoms with Crippen molar-refractivity contribution in [1.82, 2.24) is 25.3 Å². The van der Waals surface area contributed by atoms with Crippen molar-refractivity contribution < 1.29 is 14.3 Å². The molecule has 2 N–H and O–H groups in total. The second-order valence-corrected chi connectivity index (χ2v) is 13.2. The normalized spacial score (nSPS) is 37.2. The molecule has 3 saturated heterocycles. The summed E-state index contributed by atoms with van der Waals surface area (Å²) in [7, 11) is 2.14. The molecule has 0 bridgehead atoms. The van der Waals surface area contributed by atoms with Crippen molar-refractivity contribution in [3.63, 3.8) is 0 Å². The molecule has 0 radical (unpaired) electrons. The van der Waals surface area contributed by atoms with Gasteiger partial charge in [-0.3, -0.25) is 25.1 Å². The van der Waals surface area contributed by atoms with E-state index in [0.717, 1.165) is 50.6 Å². The van der Waals surface area contributed by atoms with E-state index >= 15 is 0 Å². The van der Waals surface area contributed by atoms with Gasteiger partial charge in [0.2, 0.25) is 5.91 Å². The fourth-order valence-electron chi connectivity index (χ4n) is 8.23. The summed E-state index contributed by atoms with van der Waals surface area (Å²) in [6.45, 7) is 7.01. The highest BCUT2D eigenvalue weighted by molar-refractivity contribution is 6.23. The molecule has 2 aliphatic carbocycles. The Morgan fingerprint density at radius 2 is 2.05 bits per heavy atom. The number of Topliss-reactive ketones (excluding diaryl/α,β-unsaturated/α-hetero) is 1. The second kappa shape index (κ2) is 12.4. The van der Waals surface area contributed by atoms with Crippen LogP contribution in [-0.2, 0) is 20.7 Å². The van der Waals surface area contributed by atoms with E-state index in [4.69, 9.17) is 16.3 Å². The van der Waals surface area contributed by atoms with Crippen LogP contribution in [0.3, 0.4) is 0 Å². The van der Waals surface area contributed by atoms with Gasteiger partial charge in [0.15, 0.2) is 12.1 Å². The molecule has 1 saturated carbocycles. The molecule has 1 spiro atoms. The Morgan fingerprint density at radius 1 is 1.21 bits per heavy atom. The Morgan fingerprint density at radius 3 is 2.81 bits per heavy atom. The number of nitriles is 1. The third kappa shape index (κ3) is 5.31. The molecule has 1 aromatic rings. The maximum atomic E-state index is 14.6. The van der Waals surface area contributed by atoms with Gasteiger partial charge < -0.3 is 14.5 Å². The number of alkyl halides is 1. The largest absolute Gasteiger partial charge is 0.348 e. The third-order valence-electron chi connectivity index (χ3n) is 10.7. The molecule has 7 unspecified atom stereocenters. The number of likely N-dealkylation sites (N-methyl/N-ethyl adjacent to an activating group) is 1. The number of amides is 1. The molecule has 9 nitrogen and oxygen atoms in total. The Hall–Kier alpha value is -2.32. The van der Waals surface area contributed by atoms with E-state index in [-0.39, 0.29) is 41.6 Å². The van der Waals surface area contributed by atoms with E-state index in [2.05, 4.69) is 52.3 Å². The lowest BCUT2D eigenvalue weighted by molar-refractivity contribution is -0.154. The van der Waals surface area contributed by atoms with Crippen molar-refractivity contribution in [1.29, 1.82) is 5.26 Å². The predicted molar refractivity (Wildman–Crippen MR) is 160 cm³/mol. The van der Waals surface area contributed by atoms with Gasteiger partial charge in [-0.1, -0.05) is 30.8 Å². The number of piperazine rings is 1. The minimum atomic E-state index is -0.611. The summed E-state index contributed by atoms with van der Waals surface area (Å²) in [6.07, 6.45) is 6.42. The molecule has 6 rings (SSSR count). The summed E-state index contributed by atoms with van der Waals surface area (Å²) in [5.41, 5.74) is 1.72. The lowest BCUT2D eigenvalue weighted by Gasteiger charge is -2.56. The van der Waals surface area contributed by atoms with E-state index < -0.39 is 17.8 Å². The molecule has 42 heavy (non-hydrogen) atoms. The number of carbonyl (C=O) groups is 2. The molecule has 3 aliphatic heterocycles. The predicted octanol–water partition coefficient (Wildman–Crippen LogP) is 2.77. The maximum absolute atomic E-state index is 14.6. The Kier molecular flexibility index (Phi) is 8.75. The average Bonchev–Trinajstić information content (AvgIpc) is 3.43. The maximum Gasteiger partial charge on any atom is 0.246 e. The molecule has 1 aromatic carbocycles. The number of likely N-dealkylation sites (tertiary alicyclic amines) is 1. The summed E-state index contributed by atoms with van der Waals surface area (Å²) in [5, 5.41) is 16.5. The van der Waals surface area contributed by atoms with Crippen molar-refractivity contribution in [2.24, 2.45) is 11.3 Å². The zero-order chi connectivity index (χ0) is 29.4. The zero-order valence-electron chi connectivity index (χ0n) is 24.5. The van der Waals surface area contributed by atoms with Crippen LogP contribution in [-0.4, -0.2) is 96.9 Å². The number of fused-ring (bicyclic) bond motifs is 2. The van der Waals surface area contributed by atoms with Crippen molar-refractivity contribution in [3.05, 3.63) is 48.0 Å². The van der Waals surface area contributed by atoms with Crippen molar-refractivity contribution in [3.8, 4) is 6.07 Å². The van der Waals surface area contributed by atoms with Crippen LogP contribution in [0.15, 0.2) is 36.9 Å². The number of hydrogen-bond acceptors (Lipinski definition) is 8. The van der Waals surface area contributed by atoms with Crippen molar-refractivity contribution in [2.75, 3.05) is 39.8 Å². The van der Waals surface area contributed by atoms with Crippen LogP contribution in [0.5, 0.6) is 0 Å². The lowest BCUT2D eigenvalue weighted by Crippen LogP contribution is -2.75. The molecule has 1 amide bonds. The van der Waals surface area contributed by atoms with Gasteiger partial charge in [-0.05, 0) is 69.3 Å². The number of carbonyl (C=O) groups excluding carboxylic acids is 2. The highest BCUT2D eigenvalue weighted by atomic mass is 35.5. The van der Waals surface area contributed by atoms with Crippen LogP contribution in [0.4, 0.5) is 0 Å². The molecule has 3 heterocycles. The number of ether oxygens (including phenoxy) is 1. The average molecular weight is 595 g/mol. The van der Waals surface area contributed by atoms with Crippen molar-refractivity contribution >= 4 is 23.3 Å². The highest BCUT2D eigenvalue weighted by Gasteiger charge is 2.58. The van der Waals surface area contributed by atoms with E-state index in [1.54, 1.807) is 4.90 Å². The van der Waals surface area contributed by atoms with Gasteiger partial charge in [0.25, 0.3) is 0 Å². The van der Waals surface area contributed by atoms with Crippen LogP contribution in [0, 0.1) is 22.7 Å². The second-order valence-electron chi connectivity index (χ2n) is 12.8. The van der Waals surface area contributed by atoms with Gasteiger partial charge in [-0.25, -0.2) is 0 Å². The lowest BCUT2D eigenvalue weighted by atomic mass is 9.58. The quantitative estimate of drug-likeness (QED) is 0.383. The van der Waals surface area contributed by atoms with Gasteiger partial charge in [-0.2, -0.15) is 5.26 Å². The number of nitrogens with zero attached hydrogens (tertiary/aromatic N) is 4. The SMILES string of the molecule is C=CC(=O)N1CCN(C2NC(OCC3CCCN3C)NC3C(=O)[C@]4(CCc5ccccc5C4Cl)CCC32)CC1CC#N. The van der Waals surface area contributed by atoms with Crippen LogP contribution < -0.4 is 10.6 Å². The topological polar surface area (TPSA) is 101 Å². The van der Waals surface area contributed by atoms with Crippen LogP contribution in [0.2, 0.25) is 0 Å². The molecular weight excluding hydrogens is 552 g/mol. The standard InChI is InChI=1S/C32H43ClN6O3/c1-3-26(40)39-18-17-38(19-22(39)12-15-34)30-25-11-14-32(13-10-21-7-4-5-9-24(21)28(32)33)29(41)27(25)35-31(36-30)42-20-23-8-6-16-37(23)2/h3-5,7,9,22-23,25,27-28,30-31,35-36H,1,6,8,10-14,16-20H2,2H3/t22?,23?,25?,27?,28?,30?,31?,32-/m1/s1. The summed E-state index contributed by atoms with van der Waals surface area (Å²) in [4.78, 5) is 33.6. The van der Waals surface area contributed by atoms with E-state index in [1.165, 1.54) is 11.6 Å². The van der Waals surface area contributed by atoms with Crippen LogP contribution >= 0.6 is 11.6 Å². The van der Waals surface area contributed by atoms with Gasteiger partial charge in [-0.15, -0.1) is 11.6 Å². The Balaban J connectivity index is 1.26. The first kappa shape index (κ1) is 29.7. The van der Waals surface area contributed by atoms with E-state index in [1.807, 2.05) is 12.1 Å². The van der Waals surface area contributed by atoms with Gasteiger partial charge in [0.1, 0.15) is 0 Å². The smallest absolute Gasteiger partial charge is 0.246 e. The molecule has 5 aliphatic rings. The fraction of sp³-hybridized carbons (Fsp3) is 0.656. The number of benzene rings is 1. The monoisotopic (exact) mass is 594 g/mol. The minimum Gasteiger partial charge on any atom is -0.348 e. The zero-order valence-corrected chi connectivity index (χ0v) is 25.3. The number of aryl methyl sites for hydroxylation is 1. The highest BCUT2D eigenvalue weighted by Crippen LogP contribution is 2.55. The van der Waals surface area contributed by atoms with Crippen LogP contribution in [0.25, 0.3) is 0 Å². The molecule has 4 fully saturated rings. The fourth-order valence-corrected chi connectivity index (χ4v) is 8.77. The number of hydrogen-bond donors (Lipinski definition) is 2. The van der Waals surface area contributed by atoms with Gasteiger partial charge in [0.05, 0.1) is 48.1 Å². The molecule has 0 aromatic heterocycles. The van der Waals surface area contributed by atoms with Crippen LogP contribution in [0.1, 0.15) is 55.0 Å². The number of halogens is 1. The summed E-state index contributed by atoms with van der Waals surface area (Å²) < 4.78 is 6.46. The van der Waals surface area contributed by atoms with Crippen molar-refractivity contribution in [2.45, 2.75) is 81.0 Å². The summed E-state index contributed by atoms with van der Waals surface area (Å²) >= 11 is 7.22. The molecular formula is C32H43ClN6O3. The summed E-state index contributed by atoms with van der Waals surface area (Å²) in [5.74, 6) is 0.0661. The molecule has 226 valence electrons. The third-order valence-corrected chi connectivity index (χ3v) is 11.3. The number of nitrogens with one attached hydrogen (secondary N) is 2. The van der Waals surface area contributed by atoms with E-state index in [0.29, 0.717) is 32.3 Å². The first-order valence-electron chi connectivity index (χ1n) is 15.5. The Bertz CT molecular complexity index is 1240. The first-order valence-corrected chi connectivity index (χ1v) is 15.9. The van der Waals surface area contributed by atoms with Gasteiger partial charge >= 0.3 is 0 Å². The first-order chi connectivity index (χ1) is 20.4. The summed E-state index contributed by atoms with van der Waals surface area (Å²) in [6, 6.07) is 10.3. The van der Waals surface area contributed by atoms with Gasteiger partial charge in [0, 0.05) is 31.6 Å². The molecule has 10 heteroatoms.